The van der Waals surface area contributed by atoms with Crippen molar-refractivity contribution in [1.82, 2.24) is 4.90 Å². The number of aliphatic carboxylic acids is 1. The fourth-order valence-corrected chi connectivity index (χ4v) is 2.40. The van der Waals surface area contributed by atoms with E-state index >= 15 is 0 Å². The van der Waals surface area contributed by atoms with Gasteiger partial charge in [0.05, 0.1) is 11.0 Å². The van der Waals surface area contributed by atoms with E-state index in [1.807, 2.05) is 0 Å². The lowest BCUT2D eigenvalue weighted by Crippen LogP contribution is -2.59. The molecule has 1 saturated carbocycles. The summed E-state index contributed by atoms with van der Waals surface area (Å²) in [6, 6.07) is 0. The topological polar surface area (TPSA) is 83.6 Å². The number of carboxylic acid groups (broad SMARTS) is 1. The van der Waals surface area contributed by atoms with Gasteiger partial charge in [0, 0.05) is 13.1 Å². The predicted octanol–water partition coefficient (Wildman–Crippen LogP) is 0.191. The first-order valence-corrected chi connectivity index (χ1v) is 5.69. The molecule has 16 heavy (non-hydrogen) atoms. The van der Waals surface area contributed by atoms with Crippen molar-refractivity contribution < 1.29 is 14.7 Å². The molecule has 1 saturated heterocycles. The molecule has 2 rings (SSSR count). The lowest BCUT2D eigenvalue weighted by Gasteiger charge is -2.39. The quantitative estimate of drug-likeness (QED) is 0.704. The van der Waals surface area contributed by atoms with Crippen LogP contribution in [0, 0.1) is 5.41 Å². The van der Waals surface area contributed by atoms with Gasteiger partial charge >= 0.3 is 5.97 Å². The number of nitrogens with two attached hydrogens (primary N) is 1. The summed E-state index contributed by atoms with van der Waals surface area (Å²) in [7, 11) is 0. The molecule has 1 aliphatic heterocycles. The van der Waals surface area contributed by atoms with Crippen LogP contribution < -0.4 is 5.73 Å². The summed E-state index contributed by atoms with van der Waals surface area (Å²) in [4.78, 5) is 24.7. The van der Waals surface area contributed by atoms with Crippen LogP contribution in [0.25, 0.3) is 0 Å². The Morgan fingerprint density at radius 2 is 1.94 bits per heavy atom. The average molecular weight is 226 g/mol. The van der Waals surface area contributed by atoms with Gasteiger partial charge in [0.1, 0.15) is 0 Å². The third-order valence-electron chi connectivity index (χ3n) is 3.95. The second kappa shape index (κ2) is 3.45. The highest BCUT2D eigenvalue weighted by molar-refractivity contribution is 5.88. The Bertz CT molecular complexity index is 338. The van der Waals surface area contributed by atoms with Crippen molar-refractivity contribution in [2.45, 2.75) is 38.1 Å². The smallest absolute Gasteiger partial charge is 0.311 e. The van der Waals surface area contributed by atoms with Crippen LogP contribution in [0.4, 0.5) is 0 Å². The molecule has 0 aromatic heterocycles. The van der Waals surface area contributed by atoms with Gasteiger partial charge in [-0.05, 0) is 32.6 Å². The van der Waals surface area contributed by atoms with Gasteiger partial charge in [0.15, 0.2) is 0 Å². The molecule has 1 amide bonds. The maximum Gasteiger partial charge on any atom is 0.311 e. The van der Waals surface area contributed by atoms with Crippen molar-refractivity contribution in [3.63, 3.8) is 0 Å². The molecule has 1 aliphatic carbocycles. The van der Waals surface area contributed by atoms with Gasteiger partial charge in [-0.2, -0.15) is 0 Å². The fourth-order valence-electron chi connectivity index (χ4n) is 2.40. The number of carbonyl (C=O) groups excluding carboxylic acids is 1. The summed E-state index contributed by atoms with van der Waals surface area (Å²) in [6.07, 6.45) is 2.97. The first kappa shape index (κ1) is 11.4. The highest BCUT2D eigenvalue weighted by atomic mass is 16.4. The van der Waals surface area contributed by atoms with E-state index in [2.05, 4.69) is 0 Å². The van der Waals surface area contributed by atoms with Gasteiger partial charge in [0.2, 0.25) is 5.91 Å². The van der Waals surface area contributed by atoms with Crippen LogP contribution >= 0.6 is 0 Å². The molecular formula is C11H18N2O3. The van der Waals surface area contributed by atoms with Gasteiger partial charge in [0.25, 0.3) is 0 Å². The summed E-state index contributed by atoms with van der Waals surface area (Å²) in [6.45, 7) is 2.49. The Labute approximate surface area is 94.6 Å². The van der Waals surface area contributed by atoms with Crippen molar-refractivity contribution in [2.24, 2.45) is 11.1 Å². The predicted molar refractivity (Wildman–Crippen MR) is 57.7 cm³/mol. The zero-order valence-electron chi connectivity index (χ0n) is 9.53. The molecule has 3 N–H and O–H groups in total. The molecule has 1 atom stereocenters. The van der Waals surface area contributed by atoms with Crippen molar-refractivity contribution in [3.05, 3.63) is 0 Å². The zero-order chi connectivity index (χ0) is 12.0. The van der Waals surface area contributed by atoms with Crippen LogP contribution in [0.5, 0.6) is 0 Å². The highest BCUT2D eigenvalue weighted by Crippen LogP contribution is 2.36. The summed E-state index contributed by atoms with van der Waals surface area (Å²) >= 11 is 0. The van der Waals surface area contributed by atoms with Gasteiger partial charge < -0.3 is 15.7 Å². The Hall–Kier alpha value is -1.10. The van der Waals surface area contributed by atoms with Crippen molar-refractivity contribution in [1.29, 1.82) is 0 Å². The molecule has 2 fully saturated rings. The normalized spacial score (nSPS) is 32.2. The van der Waals surface area contributed by atoms with E-state index in [9.17, 15) is 9.59 Å². The molecule has 2 aliphatic rings. The second-order valence-corrected chi connectivity index (χ2v) is 5.35. The number of hydrogen-bond donors (Lipinski definition) is 2. The summed E-state index contributed by atoms with van der Waals surface area (Å²) in [5.74, 6) is -0.897. The lowest BCUT2D eigenvalue weighted by molar-refractivity contribution is -0.148. The van der Waals surface area contributed by atoms with Crippen molar-refractivity contribution >= 4 is 11.9 Å². The van der Waals surface area contributed by atoms with Crippen LogP contribution in [0.2, 0.25) is 0 Å². The van der Waals surface area contributed by atoms with Gasteiger partial charge in [-0.25, -0.2) is 0 Å². The van der Waals surface area contributed by atoms with Crippen molar-refractivity contribution in [2.75, 3.05) is 13.1 Å². The van der Waals surface area contributed by atoms with E-state index in [1.165, 1.54) is 0 Å². The maximum atomic E-state index is 12.1. The van der Waals surface area contributed by atoms with E-state index in [4.69, 9.17) is 10.8 Å². The maximum absolute atomic E-state index is 12.1. The highest BCUT2D eigenvalue weighted by Gasteiger charge is 2.48. The third-order valence-corrected chi connectivity index (χ3v) is 3.95. The number of amides is 1. The second-order valence-electron chi connectivity index (χ2n) is 5.35. The monoisotopic (exact) mass is 226 g/mol. The van der Waals surface area contributed by atoms with Crippen LogP contribution in [-0.2, 0) is 9.59 Å². The molecule has 1 unspecified atom stereocenters. The molecule has 1 heterocycles. The van der Waals surface area contributed by atoms with Crippen LogP contribution in [0.3, 0.4) is 0 Å². The first-order valence-electron chi connectivity index (χ1n) is 5.69. The number of hydrogen-bond acceptors (Lipinski definition) is 3. The molecule has 90 valence electrons. The molecular weight excluding hydrogens is 208 g/mol. The van der Waals surface area contributed by atoms with Crippen LogP contribution in [0.1, 0.15) is 32.6 Å². The van der Waals surface area contributed by atoms with E-state index in [0.717, 1.165) is 19.3 Å². The van der Waals surface area contributed by atoms with E-state index < -0.39 is 16.9 Å². The van der Waals surface area contributed by atoms with Gasteiger partial charge in [-0.15, -0.1) is 0 Å². The molecule has 5 heteroatoms. The van der Waals surface area contributed by atoms with Crippen LogP contribution in [-0.4, -0.2) is 40.5 Å². The molecule has 0 spiro atoms. The number of carboxylic acids is 1. The number of carbonyl (C=O) groups is 2. The van der Waals surface area contributed by atoms with Crippen LogP contribution in [0.15, 0.2) is 0 Å². The Morgan fingerprint density at radius 3 is 2.31 bits per heavy atom. The molecule has 0 radical (unpaired) electrons. The molecule has 5 nitrogen and oxygen atoms in total. The number of rotatable bonds is 2. The minimum absolute atomic E-state index is 0.0660. The minimum Gasteiger partial charge on any atom is -0.481 e. The average Bonchev–Trinajstić information content (AvgIpc) is 2.57. The SMILES string of the molecule is CC1(C(=O)O)CCN(C(=O)C2(N)CCC2)C1. The Morgan fingerprint density at radius 1 is 1.31 bits per heavy atom. The van der Waals surface area contributed by atoms with Crippen molar-refractivity contribution in [3.8, 4) is 0 Å². The largest absolute Gasteiger partial charge is 0.481 e. The summed E-state index contributed by atoms with van der Waals surface area (Å²) in [5, 5.41) is 9.08. The first-order chi connectivity index (χ1) is 7.37. The third kappa shape index (κ3) is 1.59. The fraction of sp³-hybridized carbons (Fsp3) is 0.818. The standard InChI is InChI=1S/C11H18N2O3/c1-10(9(15)16)5-6-13(7-10)8(14)11(12)3-2-4-11/h2-7,12H2,1H3,(H,15,16). The molecule has 0 aromatic carbocycles. The molecule has 0 aromatic rings. The summed E-state index contributed by atoms with van der Waals surface area (Å²) in [5.41, 5.74) is 4.45. The Balaban J connectivity index is 2.04. The molecule has 0 bridgehead atoms. The minimum atomic E-state index is -0.831. The number of nitrogens with zero attached hydrogens (tertiary/aromatic N) is 1. The van der Waals surface area contributed by atoms with E-state index in [1.54, 1.807) is 11.8 Å². The summed E-state index contributed by atoms with van der Waals surface area (Å²) < 4.78 is 0. The lowest BCUT2D eigenvalue weighted by atomic mass is 9.76. The van der Waals surface area contributed by atoms with E-state index in [-0.39, 0.29) is 5.91 Å². The van der Waals surface area contributed by atoms with E-state index in [0.29, 0.717) is 19.5 Å². The number of likely N-dealkylation sites (tertiary alicyclic amines) is 1. The van der Waals surface area contributed by atoms with Gasteiger partial charge in [-0.3, -0.25) is 9.59 Å². The Kier molecular flexibility index (Phi) is 2.45. The van der Waals surface area contributed by atoms with Gasteiger partial charge in [-0.1, -0.05) is 0 Å². The zero-order valence-corrected chi connectivity index (χ0v) is 9.53.